The zero-order valence-corrected chi connectivity index (χ0v) is 20.5. The van der Waals surface area contributed by atoms with Crippen LogP contribution in [0.2, 0.25) is 0 Å². The first-order chi connectivity index (χ1) is 17.4. The average molecular weight is 497 g/mol. The Kier molecular flexibility index (Phi) is 8.40. The molecule has 1 fully saturated rings. The van der Waals surface area contributed by atoms with Crippen molar-refractivity contribution in [3.63, 3.8) is 0 Å². The monoisotopic (exact) mass is 496 g/mol. The molecule has 2 aliphatic heterocycles. The van der Waals surface area contributed by atoms with E-state index in [0.717, 1.165) is 0 Å². The van der Waals surface area contributed by atoms with E-state index in [2.05, 4.69) is 16.0 Å². The van der Waals surface area contributed by atoms with E-state index in [1.807, 2.05) is 18.2 Å². The molecular formula is C26H32N4O6. The van der Waals surface area contributed by atoms with Crippen LogP contribution in [0.4, 0.5) is 16.2 Å². The van der Waals surface area contributed by atoms with Crippen molar-refractivity contribution < 1.29 is 28.6 Å². The maximum absolute atomic E-state index is 13.4. The zero-order valence-electron chi connectivity index (χ0n) is 20.5. The molecule has 36 heavy (non-hydrogen) atoms. The number of para-hydroxylation sites is 1. The molecule has 2 heterocycles. The molecule has 10 nitrogen and oxygen atoms in total. The second kappa shape index (κ2) is 11.9. The van der Waals surface area contributed by atoms with E-state index in [9.17, 15) is 14.4 Å². The van der Waals surface area contributed by atoms with Crippen molar-refractivity contribution in [3.05, 3.63) is 54.1 Å². The minimum atomic E-state index is -0.410. The smallest absolute Gasteiger partial charge is 0.323 e. The highest BCUT2D eigenvalue weighted by atomic mass is 16.5. The van der Waals surface area contributed by atoms with Gasteiger partial charge >= 0.3 is 6.03 Å². The van der Waals surface area contributed by atoms with Gasteiger partial charge in [0.25, 0.3) is 5.91 Å². The third-order valence-electron chi connectivity index (χ3n) is 6.34. The molecule has 2 aromatic rings. The summed E-state index contributed by atoms with van der Waals surface area (Å²) < 4.78 is 17.1. The van der Waals surface area contributed by atoms with E-state index in [4.69, 9.17) is 14.2 Å². The first kappa shape index (κ1) is 25.5. The number of benzene rings is 2. The number of nitrogens with zero attached hydrogens (tertiary/aromatic N) is 1. The molecule has 0 unspecified atom stereocenters. The van der Waals surface area contributed by atoms with Crippen molar-refractivity contribution in [1.29, 1.82) is 0 Å². The summed E-state index contributed by atoms with van der Waals surface area (Å²) in [5.74, 6) is 0.113. The molecule has 0 bridgehead atoms. The number of carbonyl (C=O) groups excluding carboxylic acids is 3. The van der Waals surface area contributed by atoms with E-state index < -0.39 is 6.03 Å². The fourth-order valence-corrected chi connectivity index (χ4v) is 4.49. The molecule has 0 aromatic heterocycles. The van der Waals surface area contributed by atoms with E-state index in [1.165, 1.54) is 0 Å². The molecule has 3 N–H and O–H groups in total. The Bertz CT molecular complexity index is 1080. The number of urea groups is 1. The summed E-state index contributed by atoms with van der Waals surface area (Å²) in [5, 5.41) is 8.33. The highest BCUT2D eigenvalue weighted by molar-refractivity contribution is 6.02. The lowest BCUT2D eigenvalue weighted by Gasteiger charge is -2.42. The zero-order chi connectivity index (χ0) is 25.5. The van der Waals surface area contributed by atoms with E-state index in [-0.39, 0.29) is 43.1 Å². The molecule has 192 valence electrons. The molecule has 4 rings (SSSR count). The largest absolute Gasteiger partial charge is 0.490 e. The number of hydrogen-bond acceptors (Lipinski definition) is 6. The Labute approximate surface area is 210 Å². The molecule has 3 atom stereocenters. The summed E-state index contributed by atoms with van der Waals surface area (Å²) in [4.78, 5) is 39.6. The third-order valence-corrected chi connectivity index (χ3v) is 6.34. The van der Waals surface area contributed by atoms with Gasteiger partial charge in [-0.1, -0.05) is 18.2 Å². The average Bonchev–Trinajstić information content (AvgIpc) is 2.87. The van der Waals surface area contributed by atoms with Gasteiger partial charge in [-0.05, 0) is 43.2 Å². The number of methoxy groups -OCH3 is 1. The van der Waals surface area contributed by atoms with Gasteiger partial charge in [-0.2, -0.15) is 0 Å². The summed E-state index contributed by atoms with van der Waals surface area (Å²) in [7, 11) is 3.33. The van der Waals surface area contributed by atoms with Gasteiger partial charge in [-0.3, -0.25) is 9.59 Å². The second-order valence-corrected chi connectivity index (χ2v) is 8.87. The van der Waals surface area contributed by atoms with Crippen molar-refractivity contribution >= 4 is 29.2 Å². The number of amides is 4. The van der Waals surface area contributed by atoms with E-state index in [1.54, 1.807) is 49.4 Å². The lowest BCUT2D eigenvalue weighted by atomic mass is 9.94. The van der Waals surface area contributed by atoms with Gasteiger partial charge in [0.05, 0.1) is 30.7 Å². The van der Waals surface area contributed by atoms with Crippen molar-refractivity contribution in [2.75, 3.05) is 44.5 Å². The summed E-state index contributed by atoms with van der Waals surface area (Å²) >= 11 is 0. The van der Waals surface area contributed by atoms with E-state index in [0.29, 0.717) is 48.7 Å². The molecule has 10 heteroatoms. The fourth-order valence-electron chi connectivity index (χ4n) is 4.49. The van der Waals surface area contributed by atoms with Gasteiger partial charge in [0.2, 0.25) is 5.91 Å². The van der Waals surface area contributed by atoms with Gasteiger partial charge < -0.3 is 35.1 Å². The topological polar surface area (TPSA) is 118 Å². The number of fused-ring (bicyclic) bond motifs is 2. The quantitative estimate of drug-likeness (QED) is 0.508. The first-order valence-corrected chi connectivity index (χ1v) is 12.0. The molecule has 0 radical (unpaired) electrons. The molecule has 2 aromatic carbocycles. The summed E-state index contributed by atoms with van der Waals surface area (Å²) in [6.45, 7) is 1.16. The standard InChI is InChI=1S/C26H32N4O6/c1-30-21-10-9-19(15-24(31)27-12-13-34-2)36-23(21)16-35-22-11-8-18(14-20(22)25(30)32)29-26(33)28-17-6-4-3-5-7-17/h3-8,11,14,19,21,23H,9-10,12-13,15-16H2,1-2H3,(H,27,31)(H2,28,29,33)/t19-,21-,23-/m0/s1. The Hall–Kier alpha value is -3.63. The lowest BCUT2D eigenvalue weighted by molar-refractivity contribution is -0.134. The number of hydrogen-bond donors (Lipinski definition) is 3. The van der Waals surface area contributed by atoms with Crippen molar-refractivity contribution in [2.24, 2.45) is 0 Å². The van der Waals surface area contributed by atoms with Crippen LogP contribution < -0.4 is 20.7 Å². The number of likely N-dealkylation sites (N-methyl/N-ethyl adjacent to an activating group) is 1. The van der Waals surface area contributed by atoms with Gasteiger partial charge in [-0.15, -0.1) is 0 Å². The van der Waals surface area contributed by atoms with Gasteiger partial charge in [-0.25, -0.2) is 4.79 Å². The highest BCUT2D eigenvalue weighted by Crippen LogP contribution is 2.32. The molecule has 0 spiro atoms. The van der Waals surface area contributed by atoms with Gasteiger partial charge in [0.1, 0.15) is 18.5 Å². The Morgan fingerprint density at radius 2 is 1.86 bits per heavy atom. The highest BCUT2D eigenvalue weighted by Gasteiger charge is 2.39. The minimum Gasteiger partial charge on any atom is -0.490 e. The van der Waals surface area contributed by atoms with Crippen molar-refractivity contribution in [3.8, 4) is 5.75 Å². The first-order valence-electron chi connectivity index (χ1n) is 12.0. The van der Waals surface area contributed by atoms with Crippen molar-refractivity contribution in [2.45, 2.75) is 37.5 Å². The van der Waals surface area contributed by atoms with E-state index >= 15 is 0 Å². The maximum Gasteiger partial charge on any atom is 0.323 e. The summed E-state index contributed by atoms with van der Waals surface area (Å²) in [6.07, 6.45) is 1.01. The number of rotatable bonds is 7. The van der Waals surface area contributed by atoms with Crippen LogP contribution in [0.1, 0.15) is 29.6 Å². The van der Waals surface area contributed by atoms with Crippen LogP contribution in [-0.4, -0.2) is 74.9 Å². The molecule has 0 saturated carbocycles. The Morgan fingerprint density at radius 1 is 1.08 bits per heavy atom. The SMILES string of the molecule is COCCNC(=O)C[C@@H]1CC[C@H]2[C@H](COc3ccc(NC(=O)Nc4ccccc4)cc3C(=O)N2C)O1. The number of carbonyl (C=O) groups is 3. The van der Waals surface area contributed by atoms with Crippen LogP contribution in [0.25, 0.3) is 0 Å². The third kappa shape index (κ3) is 6.32. The molecule has 0 aliphatic carbocycles. The number of nitrogens with one attached hydrogen (secondary N) is 3. The fraction of sp³-hybridized carbons (Fsp3) is 0.423. The number of anilines is 2. The molecule has 1 saturated heterocycles. The summed E-state index contributed by atoms with van der Waals surface area (Å²) in [5.41, 5.74) is 1.51. The lowest BCUT2D eigenvalue weighted by Crippen LogP contribution is -2.54. The van der Waals surface area contributed by atoms with Crippen LogP contribution in [-0.2, 0) is 14.3 Å². The second-order valence-electron chi connectivity index (χ2n) is 8.87. The van der Waals surface area contributed by atoms with Crippen molar-refractivity contribution in [1.82, 2.24) is 10.2 Å². The van der Waals surface area contributed by atoms with Crippen LogP contribution in [0, 0.1) is 0 Å². The predicted octanol–water partition coefficient (Wildman–Crippen LogP) is 2.86. The Morgan fingerprint density at radius 3 is 2.64 bits per heavy atom. The maximum atomic E-state index is 13.4. The Balaban J connectivity index is 1.40. The number of ether oxygens (including phenoxy) is 3. The van der Waals surface area contributed by atoms with Crippen LogP contribution in [0.15, 0.2) is 48.5 Å². The normalized spacial score (nSPS) is 21.2. The molecule has 2 aliphatic rings. The summed E-state index contributed by atoms with van der Waals surface area (Å²) in [6, 6.07) is 13.5. The predicted molar refractivity (Wildman–Crippen MR) is 134 cm³/mol. The van der Waals surface area contributed by atoms with Crippen LogP contribution in [0.5, 0.6) is 5.75 Å². The molecular weight excluding hydrogens is 464 g/mol. The van der Waals surface area contributed by atoms with Gasteiger partial charge in [0, 0.05) is 32.1 Å². The molecule has 4 amide bonds. The van der Waals surface area contributed by atoms with Crippen LogP contribution >= 0.6 is 0 Å². The minimum absolute atomic E-state index is 0.0895. The van der Waals surface area contributed by atoms with Gasteiger partial charge in [0.15, 0.2) is 0 Å². The van der Waals surface area contributed by atoms with Crippen LogP contribution in [0.3, 0.4) is 0 Å².